The Balaban J connectivity index is 0.948. The number of fused-ring (bicyclic) bond motifs is 6. The van der Waals surface area contributed by atoms with E-state index in [2.05, 4.69) is 267 Å². The molecule has 13 rings (SSSR count). The van der Waals surface area contributed by atoms with Crippen molar-refractivity contribution in [3.05, 3.63) is 273 Å². The molecule has 72 heavy (non-hydrogen) atoms. The van der Waals surface area contributed by atoms with Crippen LogP contribution in [0, 0.1) is 0 Å². The van der Waals surface area contributed by atoms with Crippen molar-refractivity contribution in [2.24, 2.45) is 0 Å². The summed E-state index contributed by atoms with van der Waals surface area (Å²) in [5.74, 6) is 0.671. The lowest BCUT2D eigenvalue weighted by Gasteiger charge is -2.23. The summed E-state index contributed by atoms with van der Waals surface area (Å²) in [6.07, 6.45) is 0. The molecule has 2 heterocycles. The summed E-state index contributed by atoms with van der Waals surface area (Å²) in [7, 11) is 0. The number of benzene rings is 11. The largest absolute Gasteiger partial charge is 0.246 e. The second kappa shape index (κ2) is 18.4. The van der Waals surface area contributed by atoms with Gasteiger partial charge in [-0.05, 0) is 72.3 Å². The van der Waals surface area contributed by atoms with Gasteiger partial charge in [0.25, 0.3) is 0 Å². The van der Waals surface area contributed by atoms with Crippen LogP contribution in [-0.2, 0) is 0 Å². The zero-order valence-corrected chi connectivity index (χ0v) is 39.3. The topological polar surface area (TPSA) is 38.7 Å². The highest BCUT2D eigenvalue weighted by atomic mass is 14.9. The lowest BCUT2D eigenvalue weighted by atomic mass is 9.83. The summed E-state index contributed by atoms with van der Waals surface area (Å²) in [5, 5.41) is 7.61. The molecule has 3 nitrogen and oxygen atoms in total. The molecule has 0 spiro atoms. The quantitative estimate of drug-likeness (QED) is 0.135. The van der Waals surface area contributed by atoms with Crippen LogP contribution in [0.15, 0.2) is 273 Å². The van der Waals surface area contributed by atoms with Crippen LogP contribution < -0.4 is 0 Å². The fourth-order valence-corrected chi connectivity index (χ4v) is 10.4. The van der Waals surface area contributed by atoms with Gasteiger partial charge in [0.2, 0.25) is 0 Å². The van der Waals surface area contributed by atoms with Gasteiger partial charge in [0.15, 0.2) is 5.82 Å². The van der Waals surface area contributed by atoms with E-state index in [1.807, 2.05) is 6.07 Å². The number of nitrogens with zero attached hydrogens (tertiary/aromatic N) is 3. The Morgan fingerprint density at radius 3 is 0.972 bits per heavy atom. The molecular formula is C69H45N3. The van der Waals surface area contributed by atoms with Gasteiger partial charge in [-0.3, -0.25) is 0 Å². The predicted octanol–water partition coefficient (Wildman–Crippen LogP) is 18.3. The van der Waals surface area contributed by atoms with Crippen LogP contribution in [0.5, 0.6) is 0 Å². The SMILES string of the molecule is c1ccc(-c2cc(-c3ccc(-c4c(-c5ccccc5)c(-c5ccccc5)nc(-c5ccccc5)c4-c4ccccc4)cc3)nc(-c3ccc(-c4ccc5c6ccccc6c6ccccc6c5c4)cc3)n2)cc1. The number of aromatic nitrogens is 3. The smallest absolute Gasteiger partial charge is 0.160 e. The summed E-state index contributed by atoms with van der Waals surface area (Å²) in [5.41, 5.74) is 17.5. The van der Waals surface area contributed by atoms with Crippen LogP contribution in [0.1, 0.15) is 0 Å². The summed E-state index contributed by atoms with van der Waals surface area (Å²) in [4.78, 5) is 16.2. The van der Waals surface area contributed by atoms with E-state index in [0.717, 1.165) is 89.5 Å². The Labute approximate surface area is 419 Å². The van der Waals surface area contributed by atoms with Gasteiger partial charge >= 0.3 is 0 Å². The molecule has 13 aromatic rings. The van der Waals surface area contributed by atoms with Crippen molar-refractivity contribution in [1.29, 1.82) is 0 Å². The molecule has 0 aliphatic rings. The lowest BCUT2D eigenvalue weighted by Crippen LogP contribution is -2.01. The van der Waals surface area contributed by atoms with Crippen LogP contribution in [-0.4, -0.2) is 15.0 Å². The lowest BCUT2D eigenvalue weighted by molar-refractivity contribution is 1.18. The second-order valence-electron chi connectivity index (χ2n) is 18.2. The Morgan fingerprint density at radius 2 is 0.500 bits per heavy atom. The van der Waals surface area contributed by atoms with E-state index in [0.29, 0.717) is 5.82 Å². The van der Waals surface area contributed by atoms with Crippen LogP contribution >= 0.6 is 0 Å². The van der Waals surface area contributed by atoms with Gasteiger partial charge in [0.05, 0.1) is 22.8 Å². The van der Waals surface area contributed by atoms with Crippen molar-refractivity contribution < 1.29 is 0 Å². The Bertz CT molecular complexity index is 3950. The molecule has 0 N–H and O–H groups in total. The van der Waals surface area contributed by atoms with Gasteiger partial charge in [-0.1, -0.05) is 261 Å². The molecule has 0 bridgehead atoms. The molecule has 3 heteroatoms. The number of hydrogen-bond donors (Lipinski definition) is 0. The summed E-state index contributed by atoms with van der Waals surface area (Å²) < 4.78 is 0. The molecule has 2 aromatic heterocycles. The highest BCUT2D eigenvalue weighted by Crippen LogP contribution is 2.49. The molecule has 0 saturated heterocycles. The minimum absolute atomic E-state index is 0.671. The van der Waals surface area contributed by atoms with Crippen LogP contribution in [0.4, 0.5) is 0 Å². The van der Waals surface area contributed by atoms with Crippen molar-refractivity contribution in [1.82, 2.24) is 15.0 Å². The van der Waals surface area contributed by atoms with Crippen molar-refractivity contribution in [2.75, 3.05) is 0 Å². The van der Waals surface area contributed by atoms with E-state index < -0.39 is 0 Å². The molecule has 0 aliphatic carbocycles. The average Bonchev–Trinajstić information content (AvgIpc) is 3.47. The van der Waals surface area contributed by atoms with E-state index in [1.54, 1.807) is 0 Å². The third kappa shape index (κ3) is 7.80. The van der Waals surface area contributed by atoms with Crippen LogP contribution in [0.25, 0.3) is 133 Å². The summed E-state index contributed by atoms with van der Waals surface area (Å²) in [6.45, 7) is 0. The van der Waals surface area contributed by atoms with E-state index in [-0.39, 0.29) is 0 Å². The molecule has 0 atom stereocenters. The predicted molar refractivity (Wildman–Crippen MR) is 301 cm³/mol. The minimum atomic E-state index is 0.671. The molecule has 0 fully saturated rings. The van der Waals surface area contributed by atoms with Crippen LogP contribution in [0.2, 0.25) is 0 Å². The molecule has 0 amide bonds. The number of pyridine rings is 1. The maximum absolute atomic E-state index is 5.63. The monoisotopic (exact) mass is 915 g/mol. The Morgan fingerprint density at radius 1 is 0.181 bits per heavy atom. The fraction of sp³-hybridized carbons (Fsp3) is 0. The van der Waals surface area contributed by atoms with Crippen LogP contribution in [0.3, 0.4) is 0 Å². The zero-order valence-electron chi connectivity index (χ0n) is 39.3. The van der Waals surface area contributed by atoms with E-state index >= 15 is 0 Å². The Kier molecular flexibility index (Phi) is 10.9. The first kappa shape index (κ1) is 42.5. The third-order valence-electron chi connectivity index (χ3n) is 13.9. The van der Waals surface area contributed by atoms with Crippen molar-refractivity contribution in [3.63, 3.8) is 0 Å². The average molecular weight is 916 g/mol. The third-order valence-corrected chi connectivity index (χ3v) is 13.9. The molecule has 11 aromatic carbocycles. The van der Waals surface area contributed by atoms with Crippen molar-refractivity contribution in [3.8, 4) is 101 Å². The Hall–Kier alpha value is -9.57. The summed E-state index contributed by atoms with van der Waals surface area (Å²) >= 11 is 0. The van der Waals surface area contributed by atoms with Gasteiger partial charge in [-0.25, -0.2) is 15.0 Å². The number of hydrogen-bond acceptors (Lipinski definition) is 3. The first-order valence-electron chi connectivity index (χ1n) is 24.5. The summed E-state index contributed by atoms with van der Waals surface area (Å²) in [6, 6.07) is 97.0. The van der Waals surface area contributed by atoms with Gasteiger partial charge in [0, 0.05) is 44.5 Å². The minimum Gasteiger partial charge on any atom is -0.246 e. The molecule has 0 aliphatic heterocycles. The zero-order chi connectivity index (χ0) is 47.8. The molecule has 0 unspecified atom stereocenters. The maximum atomic E-state index is 5.63. The van der Waals surface area contributed by atoms with E-state index in [1.165, 1.54) is 37.9 Å². The fourth-order valence-electron chi connectivity index (χ4n) is 10.4. The maximum Gasteiger partial charge on any atom is 0.160 e. The number of rotatable bonds is 9. The van der Waals surface area contributed by atoms with Crippen molar-refractivity contribution in [2.45, 2.75) is 0 Å². The van der Waals surface area contributed by atoms with E-state index in [9.17, 15) is 0 Å². The van der Waals surface area contributed by atoms with Gasteiger partial charge < -0.3 is 0 Å². The first-order valence-corrected chi connectivity index (χ1v) is 24.5. The van der Waals surface area contributed by atoms with Gasteiger partial charge in [-0.15, -0.1) is 0 Å². The first-order chi connectivity index (χ1) is 35.7. The van der Waals surface area contributed by atoms with Crippen molar-refractivity contribution >= 4 is 32.3 Å². The molecular weight excluding hydrogens is 871 g/mol. The molecule has 336 valence electrons. The normalized spacial score (nSPS) is 11.3. The van der Waals surface area contributed by atoms with E-state index in [4.69, 9.17) is 15.0 Å². The molecule has 0 saturated carbocycles. The van der Waals surface area contributed by atoms with Gasteiger partial charge in [0.1, 0.15) is 0 Å². The van der Waals surface area contributed by atoms with Gasteiger partial charge in [-0.2, -0.15) is 0 Å². The highest BCUT2D eigenvalue weighted by molar-refractivity contribution is 6.25. The second-order valence-corrected chi connectivity index (χ2v) is 18.2. The highest BCUT2D eigenvalue weighted by Gasteiger charge is 2.25. The standard InChI is InChI=1S/C69H45N3/c1-6-20-47(21-7-1)62-45-63(71-69(70-62)54-40-34-46(35-41-54)55-42-43-60-58-32-17-16-30-56(58)57-31-18-19-33-59(57)61(60)44-55)48-36-38-51(39-37-48)64-65(49-22-8-2-9-23-49)67(52-26-12-4-13-27-52)72-68(53-28-14-5-15-29-53)66(64)50-24-10-3-11-25-50/h1-45H. The molecule has 0 radical (unpaired) electrons.